The van der Waals surface area contributed by atoms with Crippen LogP contribution in [-0.2, 0) is 0 Å². The largest absolute Gasteiger partial charge is 0.340 e. The number of H-pyrrole nitrogens is 1. The summed E-state index contributed by atoms with van der Waals surface area (Å²) in [5.41, 5.74) is 3.14. The van der Waals surface area contributed by atoms with E-state index < -0.39 is 0 Å². The summed E-state index contributed by atoms with van der Waals surface area (Å²) in [7, 11) is 0. The first-order chi connectivity index (χ1) is 12.0. The molecule has 2 heterocycles. The molecule has 25 heavy (non-hydrogen) atoms. The van der Waals surface area contributed by atoms with Gasteiger partial charge in [0.1, 0.15) is 5.82 Å². The number of carbonyl (C=O) groups is 1. The Morgan fingerprint density at radius 3 is 2.80 bits per heavy atom. The number of hydrogen-bond donors (Lipinski definition) is 4. The highest BCUT2D eigenvalue weighted by Crippen LogP contribution is 2.22. The van der Waals surface area contributed by atoms with E-state index in [1.165, 1.54) is 5.56 Å². The van der Waals surface area contributed by atoms with Crippen LogP contribution < -0.4 is 16.0 Å². The van der Waals surface area contributed by atoms with E-state index in [0.717, 1.165) is 49.3 Å². The van der Waals surface area contributed by atoms with Crippen molar-refractivity contribution in [3.05, 3.63) is 29.6 Å². The number of fused-ring (bicyclic) bond motifs is 1. The number of imidazole rings is 1. The lowest BCUT2D eigenvalue weighted by molar-refractivity contribution is 0.228. The average Bonchev–Trinajstić information content (AvgIpc) is 3.01. The fourth-order valence-electron chi connectivity index (χ4n) is 3.36. The number of benzene rings is 1. The van der Waals surface area contributed by atoms with Gasteiger partial charge in [-0.15, -0.1) is 0 Å². The maximum Gasteiger partial charge on any atom is 0.315 e. The summed E-state index contributed by atoms with van der Waals surface area (Å²) in [6.45, 7) is 9.07. The third-order valence-electron chi connectivity index (χ3n) is 4.91. The molecule has 1 saturated heterocycles. The molecule has 1 aliphatic rings. The molecule has 0 unspecified atom stereocenters. The maximum absolute atomic E-state index is 12.4. The minimum absolute atomic E-state index is 0.117. The fraction of sp³-hybridized carbons (Fsp3) is 0.579. The van der Waals surface area contributed by atoms with E-state index in [9.17, 15) is 4.79 Å². The van der Waals surface area contributed by atoms with Crippen LogP contribution in [-0.4, -0.2) is 35.6 Å². The van der Waals surface area contributed by atoms with E-state index in [-0.39, 0.29) is 18.0 Å². The van der Waals surface area contributed by atoms with E-state index >= 15 is 0 Å². The lowest BCUT2D eigenvalue weighted by atomic mass is 9.98. The summed E-state index contributed by atoms with van der Waals surface area (Å²) in [5.74, 6) is 1.62. The van der Waals surface area contributed by atoms with Crippen LogP contribution in [0.2, 0.25) is 0 Å². The standard InChI is InChI=1S/C19H29N5O/c1-12(2)17(18-22-15-5-4-13(3)10-16(15)23-18)24-19(25)21-11-14-6-8-20-9-7-14/h4-5,10,12,14,17,20H,6-9,11H2,1-3H3,(H,22,23)(H2,21,24,25)/t17-/m1/s1. The molecule has 3 rings (SSSR count). The average molecular weight is 343 g/mol. The Balaban J connectivity index is 1.64. The molecule has 0 aliphatic carbocycles. The topological polar surface area (TPSA) is 81.8 Å². The Morgan fingerprint density at radius 1 is 1.32 bits per heavy atom. The first-order valence-corrected chi connectivity index (χ1v) is 9.24. The third kappa shape index (κ3) is 4.51. The first-order valence-electron chi connectivity index (χ1n) is 9.24. The summed E-state index contributed by atoms with van der Waals surface area (Å²) in [4.78, 5) is 20.4. The number of amides is 2. The number of piperidine rings is 1. The fourth-order valence-corrected chi connectivity index (χ4v) is 3.36. The van der Waals surface area contributed by atoms with Crippen molar-refractivity contribution in [2.45, 2.75) is 39.7 Å². The van der Waals surface area contributed by atoms with Gasteiger partial charge in [0.05, 0.1) is 17.1 Å². The number of nitrogens with zero attached hydrogens (tertiary/aromatic N) is 1. The van der Waals surface area contributed by atoms with Gasteiger partial charge in [-0.25, -0.2) is 9.78 Å². The molecule has 6 nitrogen and oxygen atoms in total. The molecule has 0 radical (unpaired) electrons. The van der Waals surface area contributed by atoms with Crippen molar-refractivity contribution in [3.63, 3.8) is 0 Å². The van der Waals surface area contributed by atoms with Crippen molar-refractivity contribution < 1.29 is 4.79 Å². The lowest BCUT2D eigenvalue weighted by Gasteiger charge is -2.24. The number of aryl methyl sites for hydroxylation is 1. The number of hydrogen-bond acceptors (Lipinski definition) is 3. The molecule has 6 heteroatoms. The number of rotatable bonds is 5. The zero-order valence-corrected chi connectivity index (χ0v) is 15.4. The van der Waals surface area contributed by atoms with Crippen LogP contribution in [0.15, 0.2) is 18.2 Å². The van der Waals surface area contributed by atoms with E-state index in [0.29, 0.717) is 5.92 Å². The van der Waals surface area contributed by atoms with Crippen LogP contribution in [0.4, 0.5) is 4.79 Å². The van der Waals surface area contributed by atoms with Gasteiger partial charge in [-0.3, -0.25) is 0 Å². The summed E-state index contributed by atoms with van der Waals surface area (Å²) in [5, 5.41) is 9.47. The number of aromatic amines is 1. The number of aromatic nitrogens is 2. The van der Waals surface area contributed by atoms with Crippen molar-refractivity contribution in [1.29, 1.82) is 0 Å². The van der Waals surface area contributed by atoms with Gasteiger partial charge in [0.2, 0.25) is 0 Å². The first kappa shape index (κ1) is 17.7. The van der Waals surface area contributed by atoms with Crippen LogP contribution in [0.5, 0.6) is 0 Å². The third-order valence-corrected chi connectivity index (χ3v) is 4.91. The smallest absolute Gasteiger partial charge is 0.315 e. The van der Waals surface area contributed by atoms with Crippen LogP contribution in [0, 0.1) is 18.8 Å². The van der Waals surface area contributed by atoms with Crippen LogP contribution in [0.1, 0.15) is 44.1 Å². The summed E-state index contributed by atoms with van der Waals surface area (Å²) < 4.78 is 0. The summed E-state index contributed by atoms with van der Waals surface area (Å²) >= 11 is 0. The van der Waals surface area contributed by atoms with Crippen LogP contribution in [0.3, 0.4) is 0 Å². The van der Waals surface area contributed by atoms with Gasteiger partial charge in [-0.05, 0) is 62.4 Å². The molecule has 1 aliphatic heterocycles. The molecular formula is C19H29N5O. The predicted octanol–water partition coefficient (Wildman–Crippen LogP) is 2.87. The van der Waals surface area contributed by atoms with Crippen molar-refractivity contribution in [2.24, 2.45) is 11.8 Å². The Morgan fingerprint density at radius 2 is 2.08 bits per heavy atom. The molecule has 0 spiro atoms. The van der Waals surface area contributed by atoms with Gasteiger partial charge in [-0.2, -0.15) is 0 Å². The zero-order valence-electron chi connectivity index (χ0n) is 15.4. The Kier molecular flexibility index (Phi) is 5.58. The van der Waals surface area contributed by atoms with Crippen molar-refractivity contribution in [1.82, 2.24) is 25.9 Å². The highest BCUT2D eigenvalue weighted by Gasteiger charge is 2.22. The molecule has 136 valence electrons. The van der Waals surface area contributed by atoms with Crippen LogP contribution in [0.25, 0.3) is 11.0 Å². The van der Waals surface area contributed by atoms with E-state index in [1.807, 2.05) is 6.07 Å². The van der Waals surface area contributed by atoms with Gasteiger partial charge in [0.25, 0.3) is 0 Å². The van der Waals surface area contributed by atoms with E-state index in [2.05, 4.69) is 58.8 Å². The molecule has 1 fully saturated rings. The van der Waals surface area contributed by atoms with Gasteiger partial charge in [0, 0.05) is 6.54 Å². The van der Waals surface area contributed by atoms with Gasteiger partial charge in [0.15, 0.2) is 0 Å². The number of carbonyl (C=O) groups excluding carboxylic acids is 1. The Bertz CT molecular complexity index is 718. The molecule has 0 saturated carbocycles. The number of urea groups is 1. The molecule has 0 bridgehead atoms. The van der Waals surface area contributed by atoms with Crippen LogP contribution >= 0.6 is 0 Å². The maximum atomic E-state index is 12.4. The van der Waals surface area contributed by atoms with E-state index in [1.54, 1.807) is 0 Å². The second kappa shape index (κ2) is 7.87. The monoisotopic (exact) mass is 343 g/mol. The molecule has 1 aromatic carbocycles. The SMILES string of the molecule is Cc1ccc2nc([C@H](NC(=O)NCC3CCNCC3)C(C)C)[nH]c2c1. The van der Waals surface area contributed by atoms with Gasteiger partial charge >= 0.3 is 6.03 Å². The molecule has 2 amide bonds. The van der Waals surface area contributed by atoms with Crippen molar-refractivity contribution in [3.8, 4) is 0 Å². The van der Waals surface area contributed by atoms with Gasteiger partial charge < -0.3 is 20.9 Å². The second-order valence-electron chi connectivity index (χ2n) is 7.41. The highest BCUT2D eigenvalue weighted by molar-refractivity contribution is 5.77. The molecular weight excluding hydrogens is 314 g/mol. The highest BCUT2D eigenvalue weighted by atomic mass is 16.2. The van der Waals surface area contributed by atoms with Gasteiger partial charge in [-0.1, -0.05) is 19.9 Å². The van der Waals surface area contributed by atoms with Crippen molar-refractivity contribution >= 4 is 17.1 Å². The molecule has 4 N–H and O–H groups in total. The molecule has 1 atom stereocenters. The minimum atomic E-state index is -0.138. The second-order valence-corrected chi connectivity index (χ2v) is 7.41. The van der Waals surface area contributed by atoms with E-state index in [4.69, 9.17) is 0 Å². The predicted molar refractivity (Wildman–Crippen MR) is 101 cm³/mol. The lowest BCUT2D eigenvalue weighted by Crippen LogP contribution is -2.43. The normalized spacial score (nSPS) is 17.0. The minimum Gasteiger partial charge on any atom is -0.340 e. The number of nitrogens with one attached hydrogen (secondary N) is 4. The summed E-state index contributed by atoms with van der Waals surface area (Å²) in [6, 6.07) is 5.89. The quantitative estimate of drug-likeness (QED) is 0.674. The Labute approximate surface area is 149 Å². The summed E-state index contributed by atoms with van der Waals surface area (Å²) in [6.07, 6.45) is 2.24. The molecule has 2 aromatic rings. The van der Waals surface area contributed by atoms with Crippen molar-refractivity contribution in [2.75, 3.05) is 19.6 Å². The Hall–Kier alpha value is -2.08. The zero-order chi connectivity index (χ0) is 17.8. The molecule has 1 aromatic heterocycles.